The highest BCUT2D eigenvalue weighted by Crippen LogP contribution is 2.49. The van der Waals surface area contributed by atoms with Crippen molar-refractivity contribution in [3.8, 4) is 0 Å². The van der Waals surface area contributed by atoms with Crippen LogP contribution in [-0.4, -0.2) is 23.2 Å². The van der Waals surface area contributed by atoms with Crippen LogP contribution in [-0.2, 0) is 10.3 Å². The van der Waals surface area contributed by atoms with E-state index in [9.17, 15) is 9.90 Å². The smallest absolute Gasteiger partial charge is 0.321 e. The normalized spacial score (nSPS) is 27.2. The van der Waals surface area contributed by atoms with Crippen molar-refractivity contribution < 1.29 is 14.3 Å². The molecule has 1 aliphatic rings. The van der Waals surface area contributed by atoms with Crippen molar-refractivity contribution in [1.29, 1.82) is 0 Å². The van der Waals surface area contributed by atoms with Crippen molar-refractivity contribution in [1.82, 2.24) is 5.32 Å². The van der Waals surface area contributed by atoms with Gasteiger partial charge in [-0.25, -0.2) is 4.39 Å². The van der Waals surface area contributed by atoms with Gasteiger partial charge in [0.05, 0.1) is 5.54 Å². The predicted octanol–water partition coefficient (Wildman–Crippen LogP) is 5.04. The first kappa shape index (κ1) is 22.2. The second kappa shape index (κ2) is 7.99. The third-order valence-electron chi connectivity index (χ3n) is 5.49. The van der Waals surface area contributed by atoms with Gasteiger partial charge in [-0.3, -0.25) is 10.1 Å². The van der Waals surface area contributed by atoms with Crippen LogP contribution >= 0.6 is 27.5 Å². The number of carbonyl (C=O) groups is 1. The van der Waals surface area contributed by atoms with Crippen LogP contribution in [0, 0.1) is 11.2 Å². The summed E-state index contributed by atoms with van der Waals surface area (Å²) in [5, 5.41) is 13.5. The van der Waals surface area contributed by atoms with Crippen LogP contribution in [0.2, 0.25) is 5.02 Å². The predicted molar refractivity (Wildman–Crippen MR) is 117 cm³/mol. The van der Waals surface area contributed by atoms with Crippen LogP contribution in [0.15, 0.2) is 46.9 Å². The van der Waals surface area contributed by atoms with Crippen molar-refractivity contribution in [2.45, 2.75) is 50.7 Å². The number of benzene rings is 2. The summed E-state index contributed by atoms with van der Waals surface area (Å²) in [4.78, 5) is 12.2. The highest BCUT2D eigenvalue weighted by atomic mass is 79.9. The topological polar surface area (TPSA) is 75.3 Å². The van der Waals surface area contributed by atoms with E-state index in [0.717, 1.165) is 10.0 Å². The number of halogens is 3. The molecule has 0 radical (unpaired) electrons. The quantitative estimate of drug-likeness (QED) is 0.569. The number of hydrogen-bond acceptors (Lipinski definition) is 3. The Morgan fingerprint density at radius 2 is 2.00 bits per heavy atom. The first-order valence-corrected chi connectivity index (χ1v) is 10.6. The molecular formula is C22H25BrClFN2O2. The Labute approximate surface area is 183 Å². The Bertz CT molecular complexity index is 933. The molecule has 29 heavy (non-hydrogen) atoms. The molecule has 4 unspecified atom stereocenters. The summed E-state index contributed by atoms with van der Waals surface area (Å²) in [7, 11) is 0. The molecule has 0 bridgehead atoms. The first-order chi connectivity index (χ1) is 13.4. The van der Waals surface area contributed by atoms with E-state index in [1.807, 2.05) is 24.3 Å². The summed E-state index contributed by atoms with van der Waals surface area (Å²) in [5.74, 6) is -2.23. The van der Waals surface area contributed by atoms with Gasteiger partial charge in [-0.05, 0) is 41.7 Å². The van der Waals surface area contributed by atoms with Gasteiger partial charge in [0.15, 0.2) is 0 Å². The summed E-state index contributed by atoms with van der Waals surface area (Å²) in [6.07, 6.45) is 0.569. The van der Waals surface area contributed by atoms with Gasteiger partial charge >= 0.3 is 5.97 Å². The zero-order chi connectivity index (χ0) is 21.6. The molecule has 0 aromatic heterocycles. The van der Waals surface area contributed by atoms with Gasteiger partial charge in [0.25, 0.3) is 0 Å². The van der Waals surface area contributed by atoms with Gasteiger partial charge in [-0.2, -0.15) is 0 Å². The fraction of sp³-hybridized carbons (Fsp3) is 0.409. The van der Waals surface area contributed by atoms with Crippen LogP contribution in [0.25, 0.3) is 0 Å². The minimum Gasteiger partial charge on any atom is -0.480 e. The molecular weight excluding hydrogens is 459 g/mol. The van der Waals surface area contributed by atoms with E-state index in [1.54, 1.807) is 12.1 Å². The largest absolute Gasteiger partial charge is 0.480 e. The Balaban J connectivity index is 2.26. The molecule has 4 N–H and O–H groups in total. The van der Waals surface area contributed by atoms with Crippen molar-refractivity contribution >= 4 is 33.5 Å². The Morgan fingerprint density at radius 3 is 2.55 bits per heavy atom. The Morgan fingerprint density at radius 1 is 1.31 bits per heavy atom. The molecule has 2 aromatic carbocycles. The fourth-order valence-corrected chi connectivity index (χ4v) is 4.94. The lowest BCUT2D eigenvalue weighted by Crippen LogP contribution is -2.52. The lowest BCUT2D eigenvalue weighted by atomic mass is 9.68. The average molecular weight is 484 g/mol. The number of hydrogen-bond donors (Lipinski definition) is 3. The maximum Gasteiger partial charge on any atom is 0.321 e. The maximum atomic E-state index is 15.1. The number of carboxylic acid groups (broad SMARTS) is 1. The highest BCUT2D eigenvalue weighted by molar-refractivity contribution is 9.10. The van der Waals surface area contributed by atoms with Gasteiger partial charge in [-0.15, -0.1) is 0 Å². The second-order valence-electron chi connectivity index (χ2n) is 8.89. The fourth-order valence-electron chi connectivity index (χ4n) is 4.36. The van der Waals surface area contributed by atoms with Crippen molar-refractivity contribution in [2.24, 2.45) is 11.1 Å². The van der Waals surface area contributed by atoms with Crippen LogP contribution in [0.3, 0.4) is 0 Å². The number of nitrogens with one attached hydrogen (secondary N) is 1. The van der Waals surface area contributed by atoms with Gasteiger partial charge in [0.1, 0.15) is 11.9 Å². The van der Waals surface area contributed by atoms with Crippen LogP contribution < -0.4 is 11.1 Å². The monoisotopic (exact) mass is 482 g/mol. The second-order valence-corrected chi connectivity index (χ2v) is 10.2. The van der Waals surface area contributed by atoms with E-state index in [0.29, 0.717) is 6.42 Å². The lowest BCUT2D eigenvalue weighted by Gasteiger charge is -2.39. The molecule has 4 nitrogen and oxygen atoms in total. The van der Waals surface area contributed by atoms with Gasteiger partial charge in [0, 0.05) is 27.0 Å². The third-order valence-corrected chi connectivity index (χ3v) is 6.22. The Kier molecular flexibility index (Phi) is 6.12. The molecule has 0 aliphatic carbocycles. The lowest BCUT2D eigenvalue weighted by molar-refractivity contribution is -0.139. The molecule has 0 saturated carbocycles. The highest BCUT2D eigenvalue weighted by Gasteiger charge is 2.57. The summed E-state index contributed by atoms with van der Waals surface area (Å²) in [5.41, 5.74) is 6.57. The number of rotatable bonds is 4. The van der Waals surface area contributed by atoms with Crippen LogP contribution in [0.1, 0.15) is 44.2 Å². The van der Waals surface area contributed by atoms with E-state index in [1.165, 1.54) is 6.07 Å². The van der Waals surface area contributed by atoms with Crippen molar-refractivity contribution in [2.75, 3.05) is 0 Å². The van der Waals surface area contributed by atoms with Crippen molar-refractivity contribution in [3.05, 3.63) is 68.9 Å². The summed E-state index contributed by atoms with van der Waals surface area (Å²) >= 11 is 9.42. The van der Waals surface area contributed by atoms with E-state index in [4.69, 9.17) is 17.3 Å². The molecule has 1 heterocycles. The molecule has 0 spiro atoms. The Hall–Kier alpha value is -1.47. The van der Waals surface area contributed by atoms with Gasteiger partial charge in [-0.1, -0.05) is 66.5 Å². The van der Waals surface area contributed by atoms with E-state index in [-0.39, 0.29) is 16.0 Å². The molecule has 1 saturated heterocycles. The minimum atomic E-state index is -1.29. The minimum absolute atomic E-state index is 0.152. The zero-order valence-corrected chi connectivity index (χ0v) is 18.9. The molecule has 156 valence electrons. The summed E-state index contributed by atoms with van der Waals surface area (Å²) < 4.78 is 15.9. The summed E-state index contributed by atoms with van der Waals surface area (Å²) in [6, 6.07) is 10.3. The van der Waals surface area contributed by atoms with Crippen LogP contribution in [0.4, 0.5) is 4.39 Å². The maximum absolute atomic E-state index is 15.1. The molecule has 0 amide bonds. The number of carboxylic acids is 1. The average Bonchev–Trinajstić information content (AvgIpc) is 2.86. The van der Waals surface area contributed by atoms with E-state index >= 15 is 4.39 Å². The molecule has 1 fully saturated rings. The standard InChI is InChI=1S/C22H25BrClFN2O2/c1-21(2,3)11-17-22(26,15-8-7-14(24)10-16(15)25)18(19(27-17)20(28)29)12-5-4-6-13(23)9-12/h4-10,17-19,27H,11,26H2,1-3H3,(H,28,29). The molecule has 3 rings (SSSR count). The van der Waals surface area contributed by atoms with E-state index < -0.39 is 35.3 Å². The van der Waals surface area contributed by atoms with Crippen molar-refractivity contribution in [3.63, 3.8) is 0 Å². The first-order valence-electron chi connectivity index (χ1n) is 9.42. The van der Waals surface area contributed by atoms with Gasteiger partial charge in [0.2, 0.25) is 0 Å². The number of aliphatic carboxylic acids is 1. The van der Waals surface area contributed by atoms with E-state index in [2.05, 4.69) is 42.0 Å². The molecule has 7 heteroatoms. The van der Waals surface area contributed by atoms with Gasteiger partial charge < -0.3 is 10.8 Å². The van der Waals surface area contributed by atoms with Crippen LogP contribution in [0.5, 0.6) is 0 Å². The molecule has 4 atom stereocenters. The summed E-state index contributed by atoms with van der Waals surface area (Å²) in [6.45, 7) is 6.15. The SMILES string of the molecule is CC(C)(C)CC1NC(C(=O)O)C(c2cccc(Br)c2)C1(N)c1ccc(Cl)cc1F. The molecule has 2 aromatic rings. The zero-order valence-electron chi connectivity index (χ0n) is 16.5. The third kappa shape index (κ3) is 4.36. The number of nitrogens with two attached hydrogens (primary N) is 1. The molecule has 1 aliphatic heterocycles.